The van der Waals surface area contributed by atoms with Crippen LogP contribution in [0.3, 0.4) is 0 Å². The van der Waals surface area contributed by atoms with E-state index in [1.54, 1.807) is 7.11 Å². The third-order valence-electron chi connectivity index (χ3n) is 4.07. The minimum atomic E-state index is 0.0792. The Morgan fingerprint density at radius 1 is 1.35 bits per heavy atom. The van der Waals surface area contributed by atoms with Crippen LogP contribution in [0.25, 0.3) is 0 Å². The van der Waals surface area contributed by atoms with E-state index in [9.17, 15) is 5.11 Å². The molecule has 1 aliphatic rings. The first-order chi connectivity index (χ1) is 9.71. The molecule has 0 saturated heterocycles. The van der Waals surface area contributed by atoms with Crippen LogP contribution in [0.1, 0.15) is 37.8 Å². The van der Waals surface area contributed by atoms with Crippen molar-refractivity contribution in [3.05, 3.63) is 29.8 Å². The molecule has 1 saturated carbocycles. The summed E-state index contributed by atoms with van der Waals surface area (Å²) in [4.78, 5) is 2.37. The zero-order valence-corrected chi connectivity index (χ0v) is 12.5. The molecule has 4 heteroatoms. The molecule has 1 aliphatic carbocycles. The van der Waals surface area contributed by atoms with Gasteiger partial charge in [-0.1, -0.05) is 19.1 Å². The van der Waals surface area contributed by atoms with E-state index in [-0.39, 0.29) is 18.7 Å². The molecule has 1 fully saturated rings. The second kappa shape index (κ2) is 7.07. The minimum absolute atomic E-state index is 0.0792. The predicted octanol–water partition coefficient (Wildman–Crippen LogP) is 1.93. The molecule has 0 heterocycles. The molecule has 0 aliphatic heterocycles. The summed E-state index contributed by atoms with van der Waals surface area (Å²) < 4.78 is 5.22. The summed E-state index contributed by atoms with van der Waals surface area (Å²) in [6, 6.07) is 8.97. The van der Waals surface area contributed by atoms with Crippen LogP contribution in [-0.2, 0) is 0 Å². The van der Waals surface area contributed by atoms with Crippen molar-refractivity contribution >= 4 is 0 Å². The highest BCUT2D eigenvalue weighted by atomic mass is 16.5. The lowest BCUT2D eigenvalue weighted by Gasteiger charge is -2.35. The highest BCUT2D eigenvalue weighted by Gasteiger charge is 2.36. The summed E-state index contributed by atoms with van der Waals surface area (Å²) in [5.74, 6) is 0.859. The number of hydrogen-bond acceptors (Lipinski definition) is 4. The van der Waals surface area contributed by atoms with E-state index >= 15 is 0 Å². The number of rotatable bonds is 8. The first-order valence-electron chi connectivity index (χ1n) is 7.47. The molecule has 0 aromatic heterocycles. The van der Waals surface area contributed by atoms with Gasteiger partial charge in [0, 0.05) is 18.6 Å². The highest BCUT2D eigenvalue weighted by molar-refractivity contribution is 5.30. The van der Waals surface area contributed by atoms with Crippen LogP contribution in [-0.4, -0.2) is 42.4 Å². The summed E-state index contributed by atoms with van der Waals surface area (Å²) in [5, 5.41) is 9.34. The molecule has 0 spiro atoms. The topological polar surface area (TPSA) is 58.7 Å². The van der Waals surface area contributed by atoms with Gasteiger partial charge < -0.3 is 15.6 Å². The van der Waals surface area contributed by atoms with Crippen molar-refractivity contribution in [3.63, 3.8) is 0 Å². The van der Waals surface area contributed by atoms with E-state index in [1.165, 1.54) is 18.4 Å². The second-order valence-corrected chi connectivity index (χ2v) is 5.48. The van der Waals surface area contributed by atoms with Crippen molar-refractivity contribution in [2.75, 3.05) is 20.3 Å². The minimum Gasteiger partial charge on any atom is -0.497 e. The number of nitrogens with zero attached hydrogens (tertiary/aromatic N) is 1. The average molecular weight is 278 g/mol. The molecule has 112 valence electrons. The van der Waals surface area contributed by atoms with Gasteiger partial charge in [0.15, 0.2) is 0 Å². The number of nitrogens with two attached hydrogens (primary N) is 1. The third kappa shape index (κ3) is 3.51. The van der Waals surface area contributed by atoms with Gasteiger partial charge in [-0.25, -0.2) is 0 Å². The van der Waals surface area contributed by atoms with E-state index in [1.807, 2.05) is 12.1 Å². The lowest BCUT2D eigenvalue weighted by molar-refractivity contribution is 0.124. The quantitative estimate of drug-likeness (QED) is 0.763. The number of ether oxygens (including phenoxy) is 1. The van der Waals surface area contributed by atoms with Gasteiger partial charge in [0.05, 0.1) is 19.8 Å². The maximum Gasteiger partial charge on any atom is 0.118 e. The maximum absolute atomic E-state index is 9.34. The van der Waals surface area contributed by atoms with Gasteiger partial charge in [-0.05, 0) is 37.0 Å². The zero-order chi connectivity index (χ0) is 14.5. The molecule has 2 rings (SSSR count). The Balaban J connectivity index is 2.24. The third-order valence-corrected chi connectivity index (χ3v) is 4.07. The lowest BCUT2D eigenvalue weighted by Crippen LogP contribution is -2.43. The Bertz CT molecular complexity index is 403. The van der Waals surface area contributed by atoms with Crippen LogP contribution >= 0.6 is 0 Å². The van der Waals surface area contributed by atoms with Gasteiger partial charge in [0.25, 0.3) is 0 Å². The Labute approximate surface area is 121 Å². The lowest BCUT2D eigenvalue weighted by atomic mass is 9.96. The molecule has 1 aromatic rings. The van der Waals surface area contributed by atoms with Gasteiger partial charge in [-0.2, -0.15) is 0 Å². The largest absolute Gasteiger partial charge is 0.497 e. The Morgan fingerprint density at radius 3 is 2.45 bits per heavy atom. The summed E-state index contributed by atoms with van der Waals surface area (Å²) in [6.07, 6.45) is 3.34. The molecule has 0 radical (unpaired) electrons. The fraction of sp³-hybridized carbons (Fsp3) is 0.625. The average Bonchev–Trinajstić information content (AvgIpc) is 3.31. The number of hydrogen-bond donors (Lipinski definition) is 2. The summed E-state index contributed by atoms with van der Waals surface area (Å²) >= 11 is 0. The molecule has 0 amide bonds. The van der Waals surface area contributed by atoms with E-state index in [2.05, 4.69) is 24.0 Å². The van der Waals surface area contributed by atoms with Crippen molar-refractivity contribution in [2.45, 2.75) is 44.3 Å². The number of aliphatic hydroxyl groups is 1. The number of benzene rings is 1. The molecular weight excluding hydrogens is 252 g/mol. The smallest absolute Gasteiger partial charge is 0.118 e. The van der Waals surface area contributed by atoms with Gasteiger partial charge in [-0.3, -0.25) is 4.90 Å². The first kappa shape index (κ1) is 15.3. The van der Waals surface area contributed by atoms with E-state index in [0.29, 0.717) is 12.6 Å². The van der Waals surface area contributed by atoms with E-state index in [4.69, 9.17) is 10.5 Å². The molecule has 0 bridgehead atoms. The molecule has 4 nitrogen and oxygen atoms in total. The Hall–Kier alpha value is -1.10. The highest BCUT2D eigenvalue weighted by Crippen LogP contribution is 2.36. The van der Waals surface area contributed by atoms with E-state index in [0.717, 1.165) is 12.2 Å². The van der Waals surface area contributed by atoms with Gasteiger partial charge in [0.2, 0.25) is 0 Å². The maximum atomic E-state index is 9.34. The summed E-state index contributed by atoms with van der Waals surface area (Å²) in [5.41, 5.74) is 7.57. The van der Waals surface area contributed by atoms with Crippen LogP contribution in [0.2, 0.25) is 0 Å². The van der Waals surface area contributed by atoms with Crippen molar-refractivity contribution in [1.29, 1.82) is 0 Å². The van der Waals surface area contributed by atoms with Crippen LogP contribution in [0.15, 0.2) is 24.3 Å². The standard InChI is InChI=1S/C16H26N2O2/c1-3-15(17)16(18(10-11-19)13-6-7-13)12-4-8-14(20-2)9-5-12/h4-5,8-9,13,15-16,19H,3,6-7,10-11,17H2,1-2H3. The van der Waals surface area contributed by atoms with Crippen molar-refractivity contribution in [3.8, 4) is 5.75 Å². The summed E-state index contributed by atoms with van der Waals surface area (Å²) in [6.45, 7) is 2.99. The first-order valence-corrected chi connectivity index (χ1v) is 7.47. The molecular formula is C16H26N2O2. The Kier molecular flexibility index (Phi) is 5.40. The zero-order valence-electron chi connectivity index (χ0n) is 12.5. The Morgan fingerprint density at radius 2 is 2.00 bits per heavy atom. The van der Waals surface area contributed by atoms with Gasteiger partial charge in [-0.15, -0.1) is 0 Å². The fourth-order valence-corrected chi connectivity index (χ4v) is 2.78. The van der Waals surface area contributed by atoms with Crippen LogP contribution in [0.5, 0.6) is 5.75 Å². The molecule has 2 atom stereocenters. The number of methoxy groups -OCH3 is 1. The normalized spacial score (nSPS) is 18.1. The number of aliphatic hydroxyl groups excluding tert-OH is 1. The molecule has 2 unspecified atom stereocenters. The van der Waals surface area contributed by atoms with Crippen molar-refractivity contribution in [1.82, 2.24) is 4.90 Å². The monoisotopic (exact) mass is 278 g/mol. The molecule has 1 aromatic carbocycles. The van der Waals surface area contributed by atoms with Gasteiger partial charge in [0.1, 0.15) is 5.75 Å². The van der Waals surface area contributed by atoms with Gasteiger partial charge >= 0.3 is 0 Å². The second-order valence-electron chi connectivity index (χ2n) is 5.48. The van der Waals surface area contributed by atoms with Crippen LogP contribution < -0.4 is 10.5 Å². The molecule has 20 heavy (non-hydrogen) atoms. The predicted molar refractivity (Wildman–Crippen MR) is 80.8 cm³/mol. The molecule has 3 N–H and O–H groups in total. The van der Waals surface area contributed by atoms with Crippen LogP contribution in [0, 0.1) is 0 Å². The van der Waals surface area contributed by atoms with Crippen LogP contribution in [0.4, 0.5) is 0 Å². The van der Waals surface area contributed by atoms with E-state index < -0.39 is 0 Å². The SMILES string of the molecule is CCC(N)C(c1ccc(OC)cc1)N(CCO)C1CC1. The van der Waals surface area contributed by atoms with Crippen molar-refractivity contribution in [2.24, 2.45) is 5.73 Å². The van der Waals surface area contributed by atoms with Crippen molar-refractivity contribution < 1.29 is 9.84 Å². The summed E-state index contributed by atoms with van der Waals surface area (Å²) in [7, 11) is 1.67. The fourth-order valence-electron chi connectivity index (χ4n) is 2.78.